The summed E-state index contributed by atoms with van der Waals surface area (Å²) in [5, 5.41) is 3.75. The van der Waals surface area contributed by atoms with E-state index in [4.69, 9.17) is 0 Å². The van der Waals surface area contributed by atoms with Crippen LogP contribution >= 0.6 is 11.3 Å². The Balaban J connectivity index is 1.51. The zero-order valence-corrected chi connectivity index (χ0v) is 14.3. The van der Waals surface area contributed by atoms with Gasteiger partial charge >= 0.3 is 6.03 Å². The molecule has 1 aliphatic rings. The number of thiazole rings is 1. The SMILES string of the molecule is CN1C(=O)[C@H](CC(=O)NCCc2nc3ccccc3s2)N(C)C1=O. The first-order valence-corrected chi connectivity index (χ1v) is 8.44. The minimum atomic E-state index is -0.718. The van der Waals surface area contributed by atoms with Crippen LogP contribution in [0.4, 0.5) is 4.79 Å². The molecule has 1 atom stereocenters. The molecule has 126 valence electrons. The maximum absolute atomic E-state index is 12.0. The summed E-state index contributed by atoms with van der Waals surface area (Å²) in [5.74, 6) is -0.590. The molecule has 0 aliphatic carbocycles. The second kappa shape index (κ2) is 6.56. The number of aromatic nitrogens is 1. The Kier molecular flexibility index (Phi) is 4.48. The molecule has 2 aromatic rings. The van der Waals surface area contributed by atoms with Crippen LogP contribution in [0.5, 0.6) is 0 Å². The van der Waals surface area contributed by atoms with E-state index in [1.807, 2.05) is 24.3 Å². The van der Waals surface area contributed by atoms with Gasteiger partial charge in [-0.1, -0.05) is 12.1 Å². The van der Waals surface area contributed by atoms with Crippen molar-refractivity contribution in [3.05, 3.63) is 29.3 Å². The fraction of sp³-hybridized carbons (Fsp3) is 0.375. The lowest BCUT2D eigenvalue weighted by atomic mass is 10.2. The number of likely N-dealkylation sites (N-methyl/N-ethyl adjacent to an activating group) is 2. The molecule has 1 fully saturated rings. The first kappa shape index (κ1) is 16.4. The highest BCUT2D eigenvalue weighted by Gasteiger charge is 2.41. The molecule has 3 rings (SSSR count). The van der Waals surface area contributed by atoms with Crippen molar-refractivity contribution in [1.29, 1.82) is 0 Å². The predicted octanol–water partition coefficient (Wildman–Crippen LogP) is 1.24. The normalized spacial score (nSPS) is 17.8. The predicted molar refractivity (Wildman–Crippen MR) is 90.7 cm³/mol. The summed E-state index contributed by atoms with van der Waals surface area (Å²) in [4.78, 5) is 42.5. The molecule has 1 aliphatic heterocycles. The lowest BCUT2D eigenvalue weighted by Gasteiger charge is -2.15. The van der Waals surface area contributed by atoms with Crippen molar-refractivity contribution in [2.45, 2.75) is 18.9 Å². The van der Waals surface area contributed by atoms with Crippen LogP contribution in [0, 0.1) is 0 Å². The molecule has 1 aromatic carbocycles. The third-order valence-electron chi connectivity index (χ3n) is 4.05. The number of carbonyl (C=O) groups is 3. The van der Waals surface area contributed by atoms with Crippen molar-refractivity contribution in [2.75, 3.05) is 20.6 Å². The van der Waals surface area contributed by atoms with E-state index in [2.05, 4.69) is 10.3 Å². The lowest BCUT2D eigenvalue weighted by molar-refractivity contribution is -0.131. The minimum absolute atomic E-state index is 0.0226. The summed E-state index contributed by atoms with van der Waals surface area (Å²) in [7, 11) is 2.95. The first-order chi connectivity index (χ1) is 11.5. The van der Waals surface area contributed by atoms with Crippen LogP contribution in [0.15, 0.2) is 24.3 Å². The Morgan fingerprint density at radius 2 is 2.04 bits per heavy atom. The van der Waals surface area contributed by atoms with E-state index >= 15 is 0 Å². The third-order valence-corrected chi connectivity index (χ3v) is 5.15. The maximum Gasteiger partial charge on any atom is 0.326 e. The number of para-hydroxylation sites is 1. The van der Waals surface area contributed by atoms with Crippen molar-refractivity contribution in [3.63, 3.8) is 0 Å². The van der Waals surface area contributed by atoms with E-state index in [-0.39, 0.29) is 24.3 Å². The second-order valence-corrected chi connectivity index (χ2v) is 6.80. The van der Waals surface area contributed by atoms with Crippen molar-refractivity contribution < 1.29 is 14.4 Å². The van der Waals surface area contributed by atoms with E-state index in [1.165, 1.54) is 19.0 Å². The van der Waals surface area contributed by atoms with Crippen molar-refractivity contribution in [1.82, 2.24) is 20.1 Å². The molecule has 8 heteroatoms. The fourth-order valence-electron chi connectivity index (χ4n) is 2.66. The van der Waals surface area contributed by atoms with Crippen molar-refractivity contribution in [2.24, 2.45) is 0 Å². The number of hydrogen-bond acceptors (Lipinski definition) is 5. The molecule has 0 bridgehead atoms. The number of benzene rings is 1. The largest absolute Gasteiger partial charge is 0.356 e. The van der Waals surface area contributed by atoms with Gasteiger partial charge in [0.2, 0.25) is 5.91 Å². The number of fused-ring (bicyclic) bond motifs is 1. The molecule has 2 heterocycles. The summed E-state index contributed by atoms with van der Waals surface area (Å²) in [6, 6.07) is 6.80. The number of hydrogen-bond donors (Lipinski definition) is 1. The average molecular weight is 346 g/mol. The van der Waals surface area contributed by atoms with E-state index < -0.39 is 6.04 Å². The molecular weight excluding hydrogens is 328 g/mol. The highest BCUT2D eigenvalue weighted by Crippen LogP contribution is 2.21. The van der Waals surface area contributed by atoms with Gasteiger partial charge in [-0.2, -0.15) is 0 Å². The summed E-state index contributed by atoms with van der Waals surface area (Å²) in [6.07, 6.45) is 0.615. The van der Waals surface area contributed by atoms with Gasteiger partial charge in [0.25, 0.3) is 5.91 Å². The summed E-state index contributed by atoms with van der Waals surface area (Å²) in [5.41, 5.74) is 0.962. The second-order valence-electron chi connectivity index (χ2n) is 5.69. The molecule has 0 spiro atoms. The Morgan fingerprint density at radius 3 is 2.71 bits per heavy atom. The molecule has 7 nitrogen and oxygen atoms in total. The average Bonchev–Trinajstić information content (AvgIpc) is 3.06. The first-order valence-electron chi connectivity index (χ1n) is 7.63. The van der Waals surface area contributed by atoms with Crippen LogP contribution in [0.1, 0.15) is 11.4 Å². The smallest absolute Gasteiger partial charge is 0.326 e. The molecule has 0 saturated carbocycles. The molecule has 0 unspecified atom stereocenters. The minimum Gasteiger partial charge on any atom is -0.356 e. The van der Waals surface area contributed by atoms with E-state index in [0.29, 0.717) is 13.0 Å². The van der Waals surface area contributed by atoms with E-state index in [0.717, 1.165) is 20.1 Å². The number of nitrogens with one attached hydrogen (secondary N) is 1. The number of amides is 4. The fourth-order valence-corrected chi connectivity index (χ4v) is 3.63. The number of carbonyl (C=O) groups excluding carboxylic acids is 3. The Bertz CT molecular complexity index is 770. The van der Waals surface area contributed by atoms with Gasteiger partial charge in [-0.25, -0.2) is 9.78 Å². The van der Waals surface area contributed by atoms with Gasteiger partial charge in [0.15, 0.2) is 0 Å². The molecule has 0 radical (unpaired) electrons. The topological polar surface area (TPSA) is 82.6 Å². The Hall–Kier alpha value is -2.48. The Labute approximate surface area is 143 Å². The standard InChI is InChI=1S/C16H18N4O3S/c1-19-11(15(22)20(2)16(19)23)9-13(21)17-8-7-14-18-10-5-3-4-6-12(10)24-14/h3-6,11H,7-9H2,1-2H3,(H,17,21)/t11-/m0/s1. The van der Waals surface area contributed by atoms with Gasteiger partial charge in [0, 0.05) is 27.1 Å². The summed E-state index contributed by atoms with van der Waals surface area (Å²) in [6.45, 7) is 0.451. The zero-order chi connectivity index (χ0) is 17.3. The van der Waals surface area contributed by atoms with Crippen LogP contribution in [-0.2, 0) is 16.0 Å². The van der Waals surface area contributed by atoms with Crippen molar-refractivity contribution >= 4 is 39.4 Å². The lowest BCUT2D eigenvalue weighted by Crippen LogP contribution is -2.37. The highest BCUT2D eigenvalue weighted by atomic mass is 32.1. The Morgan fingerprint density at radius 1 is 1.29 bits per heavy atom. The molecule has 1 N–H and O–H groups in total. The van der Waals surface area contributed by atoms with Crippen LogP contribution in [0.2, 0.25) is 0 Å². The monoisotopic (exact) mass is 346 g/mol. The van der Waals surface area contributed by atoms with Crippen LogP contribution in [0.25, 0.3) is 10.2 Å². The summed E-state index contributed by atoms with van der Waals surface area (Å²) < 4.78 is 1.12. The van der Waals surface area contributed by atoms with Crippen LogP contribution < -0.4 is 5.32 Å². The number of rotatable bonds is 5. The molecular formula is C16H18N4O3S. The highest BCUT2D eigenvalue weighted by molar-refractivity contribution is 7.18. The molecule has 24 heavy (non-hydrogen) atoms. The summed E-state index contributed by atoms with van der Waals surface area (Å²) >= 11 is 1.61. The third kappa shape index (κ3) is 3.09. The number of imide groups is 1. The van der Waals surface area contributed by atoms with E-state index in [1.54, 1.807) is 11.3 Å². The van der Waals surface area contributed by atoms with Gasteiger partial charge in [-0.3, -0.25) is 14.5 Å². The van der Waals surface area contributed by atoms with Gasteiger partial charge in [0.05, 0.1) is 21.6 Å². The number of nitrogens with zero attached hydrogens (tertiary/aromatic N) is 3. The van der Waals surface area contributed by atoms with Gasteiger partial charge < -0.3 is 10.2 Å². The maximum atomic E-state index is 12.0. The van der Waals surface area contributed by atoms with Gasteiger partial charge in [0.1, 0.15) is 6.04 Å². The molecule has 1 saturated heterocycles. The van der Waals surface area contributed by atoms with E-state index in [9.17, 15) is 14.4 Å². The molecule has 1 aromatic heterocycles. The van der Waals surface area contributed by atoms with Gasteiger partial charge in [-0.15, -0.1) is 11.3 Å². The quantitative estimate of drug-likeness (QED) is 0.826. The molecule has 4 amide bonds. The number of urea groups is 1. The van der Waals surface area contributed by atoms with Gasteiger partial charge in [-0.05, 0) is 12.1 Å². The van der Waals surface area contributed by atoms with Crippen molar-refractivity contribution in [3.8, 4) is 0 Å². The zero-order valence-electron chi connectivity index (χ0n) is 13.5. The van der Waals surface area contributed by atoms with Crippen LogP contribution in [0.3, 0.4) is 0 Å². The van der Waals surface area contributed by atoms with Crippen LogP contribution in [-0.4, -0.2) is 59.3 Å².